The molecule has 2 heteroatoms. The Morgan fingerprint density at radius 2 is 1.38 bits per heavy atom. The van der Waals surface area contributed by atoms with Crippen LogP contribution in [-0.4, -0.2) is 26.3 Å². The van der Waals surface area contributed by atoms with Crippen molar-refractivity contribution in [1.29, 1.82) is 0 Å². The van der Waals surface area contributed by atoms with Gasteiger partial charge in [0.15, 0.2) is 0 Å². The molecule has 2 nitrogen and oxygen atoms in total. The van der Waals surface area contributed by atoms with Crippen LogP contribution in [0.4, 0.5) is 0 Å². The first-order valence-electron chi connectivity index (χ1n) is 7.20. The maximum atomic E-state index is 5.56. The Hall–Kier alpha value is -0.0800. The third-order valence-corrected chi connectivity index (χ3v) is 2.77. The molecule has 0 bridgehead atoms. The van der Waals surface area contributed by atoms with E-state index in [0.717, 1.165) is 26.3 Å². The molecule has 0 saturated carbocycles. The van der Waals surface area contributed by atoms with Crippen molar-refractivity contribution in [2.24, 2.45) is 0 Å². The Morgan fingerprint density at radius 1 is 0.688 bits per heavy atom. The molecule has 98 valence electrons. The molecule has 0 radical (unpaired) electrons. The molecular weight excluding hydrogens is 198 g/mol. The van der Waals surface area contributed by atoms with Crippen LogP contribution >= 0.6 is 0 Å². The van der Waals surface area contributed by atoms with Gasteiger partial charge in [0.2, 0.25) is 0 Å². The smallest absolute Gasteiger partial charge is 0.0590 e. The SMILES string of the molecule is CCCCCCCCOCCNCCCC. The summed E-state index contributed by atoms with van der Waals surface area (Å²) in [5, 5.41) is 3.38. The molecule has 0 atom stereocenters. The molecule has 0 aromatic carbocycles. The van der Waals surface area contributed by atoms with Crippen LogP contribution in [0.5, 0.6) is 0 Å². The van der Waals surface area contributed by atoms with Gasteiger partial charge in [0.1, 0.15) is 0 Å². The summed E-state index contributed by atoms with van der Waals surface area (Å²) in [6.45, 7) is 8.44. The number of rotatable bonds is 13. The Kier molecular flexibility index (Phi) is 14.8. The van der Waals surface area contributed by atoms with E-state index in [0.29, 0.717) is 0 Å². The van der Waals surface area contributed by atoms with Crippen LogP contribution in [0.1, 0.15) is 65.2 Å². The van der Waals surface area contributed by atoms with Gasteiger partial charge in [-0.3, -0.25) is 0 Å². The lowest BCUT2D eigenvalue weighted by molar-refractivity contribution is 0.131. The minimum Gasteiger partial charge on any atom is -0.380 e. The fourth-order valence-corrected chi connectivity index (χ4v) is 1.66. The Balaban J connectivity index is 2.83. The van der Waals surface area contributed by atoms with Gasteiger partial charge in [-0.15, -0.1) is 0 Å². The molecular formula is C14H31NO. The maximum absolute atomic E-state index is 5.56. The van der Waals surface area contributed by atoms with Crippen molar-refractivity contribution in [3.8, 4) is 0 Å². The van der Waals surface area contributed by atoms with E-state index >= 15 is 0 Å². The standard InChI is InChI=1S/C14H31NO/c1-3-5-7-8-9-10-13-16-14-12-15-11-6-4-2/h15H,3-14H2,1-2H3. The van der Waals surface area contributed by atoms with Crippen LogP contribution in [0.3, 0.4) is 0 Å². The highest BCUT2D eigenvalue weighted by atomic mass is 16.5. The number of unbranched alkanes of at least 4 members (excludes halogenated alkanes) is 6. The quantitative estimate of drug-likeness (QED) is 0.486. The zero-order valence-electron chi connectivity index (χ0n) is 11.4. The minimum atomic E-state index is 0.874. The van der Waals surface area contributed by atoms with Crippen LogP contribution < -0.4 is 5.32 Å². The Labute approximate surface area is 102 Å². The highest BCUT2D eigenvalue weighted by molar-refractivity contribution is 4.47. The molecule has 0 unspecified atom stereocenters. The lowest BCUT2D eigenvalue weighted by Crippen LogP contribution is -2.20. The molecule has 0 aliphatic carbocycles. The highest BCUT2D eigenvalue weighted by Gasteiger charge is 1.91. The van der Waals surface area contributed by atoms with Crippen molar-refractivity contribution in [1.82, 2.24) is 5.32 Å². The average molecular weight is 229 g/mol. The van der Waals surface area contributed by atoms with Crippen LogP contribution in [0, 0.1) is 0 Å². The molecule has 0 aromatic rings. The van der Waals surface area contributed by atoms with Crippen LogP contribution in [-0.2, 0) is 4.74 Å². The minimum absolute atomic E-state index is 0.874. The zero-order valence-corrected chi connectivity index (χ0v) is 11.4. The summed E-state index contributed by atoms with van der Waals surface area (Å²) in [4.78, 5) is 0. The van der Waals surface area contributed by atoms with Crippen molar-refractivity contribution in [3.63, 3.8) is 0 Å². The lowest BCUT2D eigenvalue weighted by atomic mass is 10.1. The number of hydrogen-bond acceptors (Lipinski definition) is 2. The van der Waals surface area contributed by atoms with Crippen LogP contribution in [0.15, 0.2) is 0 Å². The summed E-state index contributed by atoms with van der Waals surface area (Å²) in [5.41, 5.74) is 0. The monoisotopic (exact) mass is 229 g/mol. The van der Waals surface area contributed by atoms with E-state index < -0.39 is 0 Å². The summed E-state index contributed by atoms with van der Waals surface area (Å²) >= 11 is 0. The van der Waals surface area contributed by atoms with Gasteiger partial charge >= 0.3 is 0 Å². The molecule has 0 heterocycles. The third-order valence-electron chi connectivity index (χ3n) is 2.77. The van der Waals surface area contributed by atoms with E-state index in [4.69, 9.17) is 4.74 Å². The fraction of sp³-hybridized carbons (Fsp3) is 1.00. The van der Waals surface area contributed by atoms with Gasteiger partial charge in [-0.1, -0.05) is 52.4 Å². The molecule has 16 heavy (non-hydrogen) atoms. The van der Waals surface area contributed by atoms with Gasteiger partial charge in [-0.05, 0) is 19.4 Å². The van der Waals surface area contributed by atoms with Gasteiger partial charge in [-0.2, -0.15) is 0 Å². The zero-order chi connectivity index (χ0) is 11.9. The summed E-state index contributed by atoms with van der Waals surface area (Å²) in [7, 11) is 0. The van der Waals surface area contributed by atoms with Crippen molar-refractivity contribution in [3.05, 3.63) is 0 Å². The average Bonchev–Trinajstić information content (AvgIpc) is 2.31. The van der Waals surface area contributed by atoms with E-state index in [1.54, 1.807) is 0 Å². The topological polar surface area (TPSA) is 21.3 Å². The van der Waals surface area contributed by atoms with Crippen molar-refractivity contribution in [2.45, 2.75) is 65.2 Å². The summed E-state index contributed by atoms with van der Waals surface area (Å²) in [6.07, 6.45) is 10.6. The van der Waals surface area contributed by atoms with Crippen LogP contribution in [0.2, 0.25) is 0 Å². The fourth-order valence-electron chi connectivity index (χ4n) is 1.66. The number of nitrogens with one attached hydrogen (secondary N) is 1. The predicted molar refractivity (Wildman–Crippen MR) is 72.0 cm³/mol. The van der Waals surface area contributed by atoms with Gasteiger partial charge in [0, 0.05) is 13.2 Å². The first-order chi connectivity index (χ1) is 7.91. The number of hydrogen-bond donors (Lipinski definition) is 1. The van der Waals surface area contributed by atoms with Crippen molar-refractivity contribution in [2.75, 3.05) is 26.3 Å². The molecule has 0 aromatic heterocycles. The van der Waals surface area contributed by atoms with E-state index in [9.17, 15) is 0 Å². The largest absolute Gasteiger partial charge is 0.380 e. The number of ether oxygens (including phenoxy) is 1. The first kappa shape index (κ1) is 15.9. The van der Waals surface area contributed by atoms with Crippen molar-refractivity contribution >= 4 is 0 Å². The molecule has 0 aliphatic heterocycles. The normalized spacial score (nSPS) is 10.9. The Morgan fingerprint density at radius 3 is 2.12 bits per heavy atom. The molecule has 1 N–H and O–H groups in total. The van der Waals surface area contributed by atoms with E-state index in [1.165, 1.54) is 51.4 Å². The van der Waals surface area contributed by atoms with Crippen molar-refractivity contribution < 1.29 is 4.74 Å². The molecule has 0 aliphatic rings. The van der Waals surface area contributed by atoms with E-state index in [2.05, 4.69) is 19.2 Å². The summed E-state index contributed by atoms with van der Waals surface area (Å²) in [6, 6.07) is 0. The predicted octanol–water partition coefficient (Wildman–Crippen LogP) is 3.75. The van der Waals surface area contributed by atoms with E-state index in [1.807, 2.05) is 0 Å². The summed E-state index contributed by atoms with van der Waals surface area (Å²) in [5.74, 6) is 0. The van der Waals surface area contributed by atoms with Gasteiger partial charge < -0.3 is 10.1 Å². The van der Waals surface area contributed by atoms with Crippen LogP contribution in [0.25, 0.3) is 0 Å². The second-order valence-corrected chi connectivity index (χ2v) is 4.48. The van der Waals surface area contributed by atoms with Gasteiger partial charge in [0.05, 0.1) is 6.61 Å². The first-order valence-corrected chi connectivity index (χ1v) is 7.20. The van der Waals surface area contributed by atoms with Gasteiger partial charge in [-0.25, -0.2) is 0 Å². The third kappa shape index (κ3) is 13.9. The molecule has 0 saturated heterocycles. The Bertz CT molecular complexity index is 103. The molecule has 0 amide bonds. The van der Waals surface area contributed by atoms with E-state index in [-0.39, 0.29) is 0 Å². The maximum Gasteiger partial charge on any atom is 0.0590 e. The molecule has 0 rings (SSSR count). The highest BCUT2D eigenvalue weighted by Crippen LogP contribution is 2.04. The molecule has 0 spiro atoms. The molecule has 0 fully saturated rings. The second kappa shape index (κ2) is 14.9. The lowest BCUT2D eigenvalue weighted by Gasteiger charge is -2.05. The van der Waals surface area contributed by atoms with Gasteiger partial charge in [0.25, 0.3) is 0 Å². The second-order valence-electron chi connectivity index (χ2n) is 4.48. The summed E-state index contributed by atoms with van der Waals surface area (Å²) < 4.78 is 5.56.